The number of aryl methyl sites for hydroxylation is 3. The number of carbonyl (C=O) groups excluding carboxylic acids is 4. The van der Waals surface area contributed by atoms with Crippen LogP contribution in [0.2, 0.25) is 0 Å². The molecule has 7 rings (SSSR count). The van der Waals surface area contributed by atoms with Gasteiger partial charge < -0.3 is 10.2 Å². The largest absolute Gasteiger partial charge is 0.416 e. The van der Waals surface area contributed by atoms with Gasteiger partial charge >= 0.3 is 6.18 Å². The van der Waals surface area contributed by atoms with Crippen molar-refractivity contribution in [3.05, 3.63) is 135 Å². The number of halogens is 3. The quantitative estimate of drug-likeness (QED) is 0.198. The van der Waals surface area contributed by atoms with Crippen molar-refractivity contribution in [2.24, 2.45) is 11.8 Å². The number of benzene rings is 4. The summed E-state index contributed by atoms with van der Waals surface area (Å²) in [6, 6.07) is 23.1. The molecule has 4 aromatic rings. The smallest absolute Gasteiger partial charge is 0.324 e. The van der Waals surface area contributed by atoms with Crippen molar-refractivity contribution >= 4 is 29.3 Å². The topological polar surface area (TPSA) is 86.8 Å². The summed E-state index contributed by atoms with van der Waals surface area (Å²) in [6.45, 7) is 4.96. The van der Waals surface area contributed by atoms with Gasteiger partial charge in [0.25, 0.3) is 11.8 Å². The molecule has 0 radical (unpaired) electrons. The number of nitrogens with zero attached hydrogens (tertiary/aromatic N) is 2. The maximum atomic E-state index is 15.1. The molecule has 1 N–H and O–H groups in total. The highest BCUT2D eigenvalue weighted by atomic mass is 19.4. The van der Waals surface area contributed by atoms with Gasteiger partial charge in [0.15, 0.2) is 0 Å². The molecule has 3 aliphatic rings. The van der Waals surface area contributed by atoms with Crippen LogP contribution in [0.5, 0.6) is 0 Å². The van der Waals surface area contributed by atoms with Gasteiger partial charge in [-0.2, -0.15) is 13.2 Å². The van der Waals surface area contributed by atoms with Crippen molar-refractivity contribution in [1.82, 2.24) is 9.80 Å². The molecule has 4 aromatic carbocycles. The summed E-state index contributed by atoms with van der Waals surface area (Å²) in [5, 5.41) is 3.18. The average molecular weight is 708 g/mol. The predicted octanol–water partition coefficient (Wildman–Crippen LogP) is 7.85. The fraction of sp³-hybridized carbons (Fsp3) is 0.333. The second-order valence-electron chi connectivity index (χ2n) is 14.6. The second kappa shape index (κ2) is 13.4. The molecule has 10 heteroatoms. The van der Waals surface area contributed by atoms with Crippen molar-refractivity contribution < 1.29 is 32.3 Å². The number of anilines is 1. The number of alkyl halides is 3. The van der Waals surface area contributed by atoms with Gasteiger partial charge in [0.1, 0.15) is 12.1 Å². The SMILES string of the molecule is Cc1cc(C)c(NC(=O)C2(N(Cc3ccc(C(F)(F)F)cc3)C(=O)CN3C(=O)c4ccccc4C3=O)CC[C@@H]3Cc4ccccc4C[C@H]3C2)c(C)c1. The van der Waals surface area contributed by atoms with Crippen LogP contribution in [-0.4, -0.2) is 45.5 Å². The van der Waals surface area contributed by atoms with Crippen molar-refractivity contribution in [3.63, 3.8) is 0 Å². The van der Waals surface area contributed by atoms with Crippen molar-refractivity contribution in [2.75, 3.05) is 11.9 Å². The van der Waals surface area contributed by atoms with Gasteiger partial charge in [-0.05, 0) is 117 Å². The van der Waals surface area contributed by atoms with E-state index in [-0.39, 0.29) is 29.5 Å². The summed E-state index contributed by atoms with van der Waals surface area (Å²) < 4.78 is 40.7. The minimum absolute atomic E-state index is 0.0248. The molecule has 2 aliphatic carbocycles. The van der Waals surface area contributed by atoms with Gasteiger partial charge in [0, 0.05) is 12.2 Å². The monoisotopic (exact) mass is 707 g/mol. The third-order valence-electron chi connectivity index (χ3n) is 11.2. The molecular formula is C42H40F3N3O4. The third-order valence-corrected chi connectivity index (χ3v) is 11.2. The summed E-state index contributed by atoms with van der Waals surface area (Å²) in [5.74, 6) is -1.98. The Morgan fingerprint density at radius 1 is 0.827 bits per heavy atom. The first-order chi connectivity index (χ1) is 24.7. The van der Waals surface area contributed by atoms with E-state index in [9.17, 15) is 27.6 Å². The van der Waals surface area contributed by atoms with E-state index < -0.39 is 47.5 Å². The highest BCUT2D eigenvalue weighted by molar-refractivity contribution is 6.22. The number of carbonyl (C=O) groups is 4. The maximum absolute atomic E-state index is 15.1. The summed E-state index contributed by atoms with van der Waals surface area (Å²) in [5.41, 5.74) is 4.32. The lowest BCUT2D eigenvalue weighted by Gasteiger charge is -2.51. The molecule has 3 atom stereocenters. The van der Waals surface area contributed by atoms with Gasteiger partial charge in [-0.1, -0.05) is 66.2 Å². The number of nitrogens with one attached hydrogen (secondary N) is 1. The van der Waals surface area contributed by atoms with E-state index in [1.54, 1.807) is 12.1 Å². The molecule has 1 saturated carbocycles. The molecule has 0 spiro atoms. The van der Waals surface area contributed by atoms with Crippen LogP contribution in [0.25, 0.3) is 0 Å². The maximum Gasteiger partial charge on any atom is 0.416 e. The first-order valence-electron chi connectivity index (χ1n) is 17.6. The zero-order valence-corrected chi connectivity index (χ0v) is 29.3. The molecule has 268 valence electrons. The van der Waals surface area contributed by atoms with Crippen molar-refractivity contribution in [1.29, 1.82) is 0 Å². The zero-order valence-electron chi connectivity index (χ0n) is 29.3. The van der Waals surface area contributed by atoms with Crippen LogP contribution in [0.4, 0.5) is 18.9 Å². The normalized spacial score (nSPS) is 20.9. The van der Waals surface area contributed by atoms with Crippen LogP contribution < -0.4 is 5.32 Å². The highest BCUT2D eigenvalue weighted by Gasteiger charge is 2.53. The molecule has 52 heavy (non-hydrogen) atoms. The van der Waals surface area contributed by atoms with Crippen LogP contribution in [0.15, 0.2) is 84.9 Å². The van der Waals surface area contributed by atoms with E-state index in [1.807, 2.05) is 45.0 Å². The number of imide groups is 1. The summed E-state index contributed by atoms with van der Waals surface area (Å²) in [4.78, 5) is 59.1. The number of hydrogen-bond acceptors (Lipinski definition) is 4. The third kappa shape index (κ3) is 6.39. The molecule has 1 heterocycles. The lowest BCUT2D eigenvalue weighted by molar-refractivity contribution is -0.151. The van der Waals surface area contributed by atoms with Crippen molar-refractivity contribution in [2.45, 2.75) is 71.1 Å². The van der Waals surface area contributed by atoms with E-state index in [0.717, 1.165) is 40.1 Å². The molecule has 0 bridgehead atoms. The van der Waals surface area contributed by atoms with Crippen LogP contribution >= 0.6 is 0 Å². The first kappa shape index (κ1) is 35.2. The molecule has 4 amide bonds. The second-order valence-corrected chi connectivity index (χ2v) is 14.6. The summed E-state index contributed by atoms with van der Waals surface area (Å²) in [6.07, 6.45) is -1.78. The zero-order chi connectivity index (χ0) is 36.9. The number of fused-ring (bicyclic) bond motifs is 3. The minimum Gasteiger partial charge on any atom is -0.324 e. The van der Waals surface area contributed by atoms with Gasteiger partial charge in [-0.3, -0.25) is 24.1 Å². The lowest BCUT2D eigenvalue weighted by atomic mass is 9.62. The fourth-order valence-corrected chi connectivity index (χ4v) is 8.63. The highest BCUT2D eigenvalue weighted by Crippen LogP contribution is 2.47. The Hall–Kier alpha value is -5.25. The Labute approximate surface area is 300 Å². The van der Waals surface area contributed by atoms with Crippen LogP contribution in [-0.2, 0) is 35.2 Å². The molecule has 1 unspecified atom stereocenters. The molecule has 1 fully saturated rings. The lowest BCUT2D eigenvalue weighted by Crippen LogP contribution is -2.63. The van der Waals surface area contributed by atoms with Gasteiger partial charge in [-0.15, -0.1) is 0 Å². The minimum atomic E-state index is -4.56. The summed E-state index contributed by atoms with van der Waals surface area (Å²) in [7, 11) is 0. The van der Waals surface area contributed by atoms with E-state index >= 15 is 4.79 Å². The van der Waals surface area contributed by atoms with Crippen LogP contribution in [0, 0.1) is 32.6 Å². The first-order valence-corrected chi connectivity index (χ1v) is 17.6. The average Bonchev–Trinajstić information content (AvgIpc) is 3.35. The molecule has 1 aliphatic heterocycles. The number of amides is 4. The number of hydrogen-bond donors (Lipinski definition) is 1. The van der Waals surface area contributed by atoms with E-state index in [0.29, 0.717) is 36.9 Å². The Morgan fingerprint density at radius 3 is 1.96 bits per heavy atom. The van der Waals surface area contributed by atoms with E-state index in [4.69, 9.17) is 0 Å². The Morgan fingerprint density at radius 2 is 1.38 bits per heavy atom. The van der Waals surface area contributed by atoms with Gasteiger partial charge in [0.05, 0.1) is 16.7 Å². The molecule has 0 aromatic heterocycles. The Bertz CT molecular complexity index is 2030. The van der Waals surface area contributed by atoms with Gasteiger partial charge in [0.2, 0.25) is 11.8 Å². The fourth-order valence-electron chi connectivity index (χ4n) is 8.63. The van der Waals surface area contributed by atoms with E-state index in [1.165, 1.54) is 40.3 Å². The Balaban J connectivity index is 1.31. The van der Waals surface area contributed by atoms with Crippen molar-refractivity contribution in [3.8, 4) is 0 Å². The Kier molecular flexibility index (Phi) is 9.05. The van der Waals surface area contributed by atoms with Crippen LogP contribution in [0.3, 0.4) is 0 Å². The number of rotatable bonds is 7. The molecule has 0 saturated heterocycles. The molecular weight excluding hydrogens is 667 g/mol. The van der Waals surface area contributed by atoms with Crippen LogP contribution in [0.1, 0.15) is 78.9 Å². The van der Waals surface area contributed by atoms with E-state index in [2.05, 4.69) is 17.4 Å². The summed E-state index contributed by atoms with van der Waals surface area (Å²) >= 11 is 0. The standard InChI is InChI=1S/C42H40F3N3O4/c1-25-18-26(2)37(27(3)19-25)46-40(52)41(17-16-31-20-29-8-4-5-9-30(29)21-32(31)22-41)48(23-28-12-14-33(15-13-28)42(43,44)45)36(49)24-47-38(50)34-10-6-7-11-35(34)39(47)51/h4-15,18-19,31-32H,16-17,20-24H2,1-3H3,(H,46,52)/t31-,32+,41?/m1/s1. The van der Waals surface area contributed by atoms with Gasteiger partial charge in [-0.25, -0.2) is 0 Å². The molecule has 7 nitrogen and oxygen atoms in total. The predicted molar refractivity (Wildman–Crippen MR) is 190 cm³/mol.